The molecule has 1 aliphatic heterocycles. The predicted molar refractivity (Wildman–Crippen MR) is 142 cm³/mol. The van der Waals surface area contributed by atoms with Crippen molar-refractivity contribution < 1.29 is 24.3 Å². The van der Waals surface area contributed by atoms with Gasteiger partial charge in [-0.15, -0.1) is 0 Å². The number of anilines is 1. The predicted octanol–water partition coefficient (Wildman–Crippen LogP) is 4.90. The van der Waals surface area contributed by atoms with Gasteiger partial charge in [-0.1, -0.05) is 48.9 Å². The third-order valence-electron chi connectivity index (χ3n) is 8.75. The fraction of sp³-hybridized carbons (Fsp3) is 0.312. The maximum atomic E-state index is 13.9. The number of fused-ring (bicyclic) bond motifs is 3. The Morgan fingerprint density at radius 1 is 0.947 bits per heavy atom. The van der Waals surface area contributed by atoms with Crippen molar-refractivity contribution in [2.24, 2.45) is 17.8 Å². The first kappa shape index (κ1) is 24.3. The van der Waals surface area contributed by atoms with Crippen molar-refractivity contribution in [3.63, 3.8) is 0 Å². The van der Waals surface area contributed by atoms with Crippen molar-refractivity contribution in [2.45, 2.75) is 46.0 Å². The van der Waals surface area contributed by atoms with E-state index in [0.29, 0.717) is 40.0 Å². The molecule has 0 aromatic heterocycles. The van der Waals surface area contributed by atoms with E-state index in [1.165, 1.54) is 11.0 Å². The molecule has 1 saturated heterocycles. The summed E-state index contributed by atoms with van der Waals surface area (Å²) in [5.74, 6) is -3.09. The Hall–Kier alpha value is -4.06. The van der Waals surface area contributed by atoms with Crippen LogP contribution in [0.3, 0.4) is 0 Å². The number of amides is 2. The Morgan fingerprint density at radius 3 is 2.39 bits per heavy atom. The molecule has 0 radical (unpaired) electrons. The molecule has 2 aromatic carbocycles. The Bertz CT molecular complexity index is 1520. The summed E-state index contributed by atoms with van der Waals surface area (Å²) in [6, 6.07) is 12.9. The summed E-state index contributed by atoms with van der Waals surface area (Å²) in [7, 11) is 0. The van der Waals surface area contributed by atoms with Crippen molar-refractivity contribution in [3.05, 3.63) is 93.6 Å². The van der Waals surface area contributed by atoms with E-state index < -0.39 is 23.7 Å². The van der Waals surface area contributed by atoms with Gasteiger partial charge in [0.25, 0.3) is 0 Å². The van der Waals surface area contributed by atoms with Gasteiger partial charge in [-0.25, -0.2) is 0 Å². The molecule has 0 unspecified atom stereocenters. The Kier molecular flexibility index (Phi) is 5.60. The minimum absolute atomic E-state index is 0.0759. The van der Waals surface area contributed by atoms with Crippen LogP contribution in [0.25, 0.3) is 0 Å². The van der Waals surface area contributed by atoms with Gasteiger partial charge >= 0.3 is 0 Å². The number of carbonyl (C=O) groups excluding carboxylic acids is 4. The van der Waals surface area contributed by atoms with E-state index in [0.717, 1.165) is 17.6 Å². The third-order valence-corrected chi connectivity index (χ3v) is 8.75. The van der Waals surface area contributed by atoms with Gasteiger partial charge < -0.3 is 5.11 Å². The summed E-state index contributed by atoms with van der Waals surface area (Å²) in [5, 5.41) is 11.1. The average Bonchev–Trinajstić information content (AvgIpc) is 3.17. The van der Waals surface area contributed by atoms with Crippen LogP contribution < -0.4 is 4.90 Å². The van der Waals surface area contributed by atoms with E-state index >= 15 is 0 Å². The normalized spacial score (nSPS) is 26.7. The number of phenols is 1. The summed E-state index contributed by atoms with van der Waals surface area (Å²) in [6.07, 6.45) is 4.79. The van der Waals surface area contributed by atoms with E-state index in [-0.39, 0.29) is 35.6 Å². The molecule has 192 valence electrons. The average molecular weight is 508 g/mol. The van der Waals surface area contributed by atoms with Crippen LogP contribution in [-0.2, 0) is 25.6 Å². The number of phenolic OH excluding ortho intramolecular Hbond substituents is 1. The second-order valence-electron chi connectivity index (χ2n) is 10.8. The molecule has 1 heterocycles. The molecule has 0 saturated carbocycles. The largest absolute Gasteiger partial charge is 0.507 e. The lowest BCUT2D eigenvalue weighted by Gasteiger charge is -2.42. The molecular weight excluding hydrogens is 478 g/mol. The highest BCUT2D eigenvalue weighted by molar-refractivity contribution is 6.25. The minimum atomic E-state index is -0.648. The summed E-state index contributed by atoms with van der Waals surface area (Å²) >= 11 is 0. The first-order chi connectivity index (χ1) is 18.2. The van der Waals surface area contributed by atoms with Gasteiger partial charge in [-0.2, -0.15) is 0 Å². The standard InChI is InChI=1S/C32H29NO5/c1-4-18-8-10-19(11-9-18)33-31(37)22-13-12-20-23(27(22)32(33)38)15-24-25(34)14-17(3)30(36)28(24)26(20)21-7-5-6-16(2)29(21)35/h5-12,14,22-23,26-27,35H,4,13,15H2,1-3H3/t22-,23+,26+,27-/m0/s1. The highest BCUT2D eigenvalue weighted by atomic mass is 16.3. The van der Waals surface area contributed by atoms with Crippen LogP contribution in [0.1, 0.15) is 49.3 Å². The number of para-hydroxylation sites is 1. The fourth-order valence-corrected chi connectivity index (χ4v) is 6.77. The number of rotatable bonds is 3. The number of imide groups is 1. The summed E-state index contributed by atoms with van der Waals surface area (Å²) < 4.78 is 0. The van der Waals surface area contributed by atoms with Crippen molar-refractivity contribution in [1.82, 2.24) is 0 Å². The van der Waals surface area contributed by atoms with Gasteiger partial charge in [0.1, 0.15) is 5.75 Å². The van der Waals surface area contributed by atoms with Crippen LogP contribution in [0.2, 0.25) is 0 Å². The molecule has 2 aromatic rings. The van der Waals surface area contributed by atoms with E-state index in [1.807, 2.05) is 43.3 Å². The second-order valence-corrected chi connectivity index (χ2v) is 10.8. The number of nitrogens with zero attached hydrogens (tertiary/aromatic N) is 1. The summed E-state index contributed by atoms with van der Waals surface area (Å²) in [5.41, 5.74) is 4.87. The lowest BCUT2D eigenvalue weighted by molar-refractivity contribution is -0.123. The van der Waals surface area contributed by atoms with Crippen molar-refractivity contribution in [3.8, 4) is 5.75 Å². The van der Waals surface area contributed by atoms with Crippen molar-refractivity contribution in [2.75, 3.05) is 4.90 Å². The maximum Gasteiger partial charge on any atom is 0.238 e. The molecule has 0 bridgehead atoms. The van der Waals surface area contributed by atoms with Crippen molar-refractivity contribution in [1.29, 1.82) is 0 Å². The molecule has 2 amide bonds. The molecule has 1 N–H and O–H groups in total. The number of Topliss-reactive ketones (excluding diaryl/α,β-unsaturated/α-hetero) is 1. The third kappa shape index (κ3) is 3.39. The number of hydrogen-bond donors (Lipinski definition) is 1. The monoisotopic (exact) mass is 507 g/mol. The van der Waals surface area contributed by atoms with Crippen LogP contribution >= 0.6 is 0 Å². The topological polar surface area (TPSA) is 91.8 Å². The number of hydrogen-bond acceptors (Lipinski definition) is 5. The molecule has 3 aliphatic carbocycles. The van der Waals surface area contributed by atoms with Gasteiger partial charge in [0.15, 0.2) is 11.6 Å². The lowest BCUT2D eigenvalue weighted by atomic mass is 9.59. The van der Waals surface area contributed by atoms with E-state index in [9.17, 15) is 24.3 Å². The number of benzene rings is 2. The zero-order valence-electron chi connectivity index (χ0n) is 21.7. The number of allylic oxidation sites excluding steroid dienone is 6. The zero-order valence-corrected chi connectivity index (χ0v) is 21.7. The van der Waals surface area contributed by atoms with Gasteiger partial charge in [0.2, 0.25) is 11.8 Å². The molecule has 38 heavy (non-hydrogen) atoms. The van der Waals surface area contributed by atoms with Gasteiger partial charge in [-0.05, 0) is 68.4 Å². The number of aromatic hydroxyl groups is 1. The van der Waals surface area contributed by atoms with Crippen LogP contribution in [0.5, 0.6) is 5.75 Å². The first-order valence-corrected chi connectivity index (χ1v) is 13.2. The van der Waals surface area contributed by atoms with E-state index in [1.54, 1.807) is 26.0 Å². The lowest BCUT2D eigenvalue weighted by Crippen LogP contribution is -2.39. The fourth-order valence-electron chi connectivity index (χ4n) is 6.77. The van der Waals surface area contributed by atoms with Gasteiger partial charge in [0.05, 0.1) is 17.5 Å². The molecule has 6 rings (SSSR count). The van der Waals surface area contributed by atoms with Gasteiger partial charge in [0, 0.05) is 28.2 Å². The highest BCUT2D eigenvalue weighted by Gasteiger charge is 2.56. The van der Waals surface area contributed by atoms with Crippen LogP contribution in [0, 0.1) is 24.7 Å². The van der Waals surface area contributed by atoms with E-state index in [2.05, 4.69) is 0 Å². The zero-order chi connectivity index (χ0) is 26.9. The SMILES string of the molecule is CCc1ccc(N2C(=O)[C@H]3[C@H](CC=C4[C@H](c5cccc(C)c5O)C5=C(C[C@H]43)C(=O)C=C(C)C5=O)C2=O)cc1. The first-order valence-electron chi connectivity index (χ1n) is 13.2. The quantitative estimate of drug-likeness (QED) is 0.363. The molecule has 6 nitrogen and oxygen atoms in total. The molecule has 0 spiro atoms. The van der Waals surface area contributed by atoms with Crippen LogP contribution in [-0.4, -0.2) is 28.5 Å². The molecule has 4 atom stereocenters. The smallest absolute Gasteiger partial charge is 0.238 e. The molecule has 4 aliphatic rings. The molecular formula is C32H29NO5. The Morgan fingerprint density at radius 2 is 1.68 bits per heavy atom. The number of aryl methyl sites for hydroxylation is 2. The van der Waals surface area contributed by atoms with Gasteiger partial charge in [-0.3, -0.25) is 24.1 Å². The maximum absolute atomic E-state index is 13.9. The van der Waals surface area contributed by atoms with Crippen LogP contribution in [0.4, 0.5) is 5.69 Å². The minimum Gasteiger partial charge on any atom is -0.507 e. The molecule has 6 heteroatoms. The Labute approximate surface area is 221 Å². The molecule has 1 fully saturated rings. The summed E-state index contributed by atoms with van der Waals surface area (Å²) in [4.78, 5) is 55.5. The van der Waals surface area contributed by atoms with Crippen LogP contribution in [0.15, 0.2) is 76.9 Å². The second kappa shape index (κ2) is 8.76. The summed E-state index contributed by atoms with van der Waals surface area (Å²) in [6.45, 7) is 5.47. The van der Waals surface area contributed by atoms with Crippen molar-refractivity contribution >= 4 is 29.1 Å². The number of carbonyl (C=O) groups is 4. The highest BCUT2D eigenvalue weighted by Crippen LogP contribution is 2.56. The number of ketones is 2. The Balaban J connectivity index is 1.48. The van der Waals surface area contributed by atoms with E-state index in [4.69, 9.17) is 0 Å².